The molecule has 0 aliphatic heterocycles. The Hall–Kier alpha value is -0.320. The molecule has 0 amide bonds. The predicted molar refractivity (Wildman–Crippen MR) is 73.1 cm³/mol. The SMILES string of the molecule is OCC1(NCC(O)c2cc(Cl)ccc2Cl)CCC1. The summed E-state index contributed by atoms with van der Waals surface area (Å²) in [6, 6.07) is 5.03. The van der Waals surface area contributed by atoms with Crippen LogP contribution >= 0.6 is 23.2 Å². The lowest BCUT2D eigenvalue weighted by molar-refractivity contribution is 0.0687. The Bertz CT molecular complexity index is 416. The quantitative estimate of drug-likeness (QED) is 0.781. The van der Waals surface area contributed by atoms with Crippen LogP contribution in [0, 0.1) is 0 Å². The Labute approximate surface area is 117 Å². The first-order valence-electron chi connectivity index (χ1n) is 6.05. The van der Waals surface area contributed by atoms with Gasteiger partial charge in [0, 0.05) is 27.7 Å². The zero-order valence-electron chi connectivity index (χ0n) is 10.00. The van der Waals surface area contributed by atoms with E-state index in [1.807, 2.05) is 0 Å². The third kappa shape index (κ3) is 2.98. The zero-order chi connectivity index (χ0) is 13.2. The predicted octanol–water partition coefficient (Wildman–Crippen LogP) is 2.53. The van der Waals surface area contributed by atoms with E-state index in [9.17, 15) is 10.2 Å². The molecule has 0 aromatic heterocycles. The van der Waals surface area contributed by atoms with Crippen molar-refractivity contribution in [1.82, 2.24) is 5.32 Å². The summed E-state index contributed by atoms with van der Waals surface area (Å²) in [7, 11) is 0. The lowest BCUT2D eigenvalue weighted by Crippen LogP contribution is -2.54. The highest BCUT2D eigenvalue weighted by Crippen LogP contribution is 2.32. The number of rotatable bonds is 5. The van der Waals surface area contributed by atoms with Gasteiger partial charge in [-0.3, -0.25) is 0 Å². The Morgan fingerprint density at radius 1 is 1.33 bits per heavy atom. The molecule has 2 rings (SSSR count). The molecule has 18 heavy (non-hydrogen) atoms. The molecular formula is C13H17Cl2NO2. The van der Waals surface area contributed by atoms with E-state index in [1.165, 1.54) is 0 Å². The molecule has 0 radical (unpaired) electrons. The van der Waals surface area contributed by atoms with Crippen LogP contribution in [0.15, 0.2) is 18.2 Å². The number of β-amino-alcohol motifs (C(OH)–C–C–N with tert-alkyl or cyclic N) is 1. The van der Waals surface area contributed by atoms with Crippen LogP contribution in [0.25, 0.3) is 0 Å². The van der Waals surface area contributed by atoms with Gasteiger partial charge in [-0.25, -0.2) is 0 Å². The average Bonchev–Trinajstić information content (AvgIpc) is 2.31. The molecule has 1 aromatic carbocycles. The van der Waals surface area contributed by atoms with Gasteiger partial charge >= 0.3 is 0 Å². The lowest BCUT2D eigenvalue weighted by atomic mass is 9.77. The van der Waals surface area contributed by atoms with E-state index < -0.39 is 6.10 Å². The highest BCUT2D eigenvalue weighted by Gasteiger charge is 2.36. The molecule has 1 aliphatic carbocycles. The van der Waals surface area contributed by atoms with Crippen molar-refractivity contribution < 1.29 is 10.2 Å². The van der Waals surface area contributed by atoms with E-state index in [0.29, 0.717) is 22.2 Å². The first-order chi connectivity index (χ1) is 8.56. The second-order valence-corrected chi connectivity index (χ2v) is 5.70. The minimum Gasteiger partial charge on any atom is -0.394 e. The molecule has 3 nitrogen and oxygen atoms in total. The lowest BCUT2D eigenvalue weighted by Gasteiger charge is -2.41. The van der Waals surface area contributed by atoms with Crippen LogP contribution in [0.3, 0.4) is 0 Å². The molecule has 3 N–H and O–H groups in total. The number of halogens is 2. The third-order valence-corrected chi connectivity index (χ3v) is 4.18. The van der Waals surface area contributed by atoms with E-state index in [4.69, 9.17) is 23.2 Å². The van der Waals surface area contributed by atoms with E-state index in [1.54, 1.807) is 18.2 Å². The molecular weight excluding hydrogens is 273 g/mol. The van der Waals surface area contributed by atoms with Gasteiger partial charge in [0.15, 0.2) is 0 Å². The van der Waals surface area contributed by atoms with Crippen molar-refractivity contribution in [1.29, 1.82) is 0 Å². The van der Waals surface area contributed by atoms with Gasteiger partial charge in [0.1, 0.15) is 0 Å². The maximum Gasteiger partial charge on any atom is 0.0929 e. The fraction of sp³-hybridized carbons (Fsp3) is 0.538. The number of aliphatic hydroxyl groups is 2. The van der Waals surface area contributed by atoms with Crippen molar-refractivity contribution in [2.24, 2.45) is 0 Å². The molecule has 1 aliphatic rings. The van der Waals surface area contributed by atoms with Crippen molar-refractivity contribution in [3.63, 3.8) is 0 Å². The molecule has 0 bridgehead atoms. The average molecular weight is 290 g/mol. The van der Waals surface area contributed by atoms with Gasteiger partial charge in [-0.1, -0.05) is 23.2 Å². The van der Waals surface area contributed by atoms with Crippen LogP contribution in [-0.2, 0) is 0 Å². The molecule has 1 aromatic rings. The Kier molecular flexibility index (Phi) is 4.51. The van der Waals surface area contributed by atoms with Crippen LogP contribution in [0.5, 0.6) is 0 Å². The van der Waals surface area contributed by atoms with Gasteiger partial charge in [0.25, 0.3) is 0 Å². The number of aliphatic hydroxyl groups excluding tert-OH is 2. The number of hydrogen-bond donors (Lipinski definition) is 3. The van der Waals surface area contributed by atoms with Crippen molar-refractivity contribution >= 4 is 23.2 Å². The molecule has 1 fully saturated rings. The molecule has 0 heterocycles. The van der Waals surface area contributed by atoms with Gasteiger partial charge in [-0.2, -0.15) is 0 Å². The van der Waals surface area contributed by atoms with Crippen LogP contribution in [0.4, 0.5) is 0 Å². The van der Waals surface area contributed by atoms with Gasteiger partial charge in [-0.05, 0) is 37.5 Å². The van der Waals surface area contributed by atoms with Gasteiger partial charge < -0.3 is 15.5 Å². The number of nitrogens with one attached hydrogen (secondary N) is 1. The Balaban J connectivity index is 1.99. The van der Waals surface area contributed by atoms with E-state index >= 15 is 0 Å². The van der Waals surface area contributed by atoms with Crippen LogP contribution < -0.4 is 5.32 Å². The van der Waals surface area contributed by atoms with Crippen LogP contribution in [-0.4, -0.2) is 28.9 Å². The van der Waals surface area contributed by atoms with Crippen molar-refractivity contribution in [2.75, 3.05) is 13.2 Å². The normalized spacial score (nSPS) is 19.3. The molecule has 0 spiro atoms. The number of hydrogen-bond acceptors (Lipinski definition) is 3. The van der Waals surface area contributed by atoms with Crippen LogP contribution in [0.1, 0.15) is 30.9 Å². The second-order valence-electron chi connectivity index (χ2n) is 4.85. The summed E-state index contributed by atoms with van der Waals surface area (Å²) in [6.07, 6.45) is 2.28. The maximum absolute atomic E-state index is 10.1. The summed E-state index contributed by atoms with van der Waals surface area (Å²) >= 11 is 11.9. The molecule has 0 saturated heterocycles. The minimum absolute atomic E-state index is 0.100. The molecule has 1 saturated carbocycles. The largest absolute Gasteiger partial charge is 0.394 e. The van der Waals surface area contributed by atoms with Crippen molar-refractivity contribution in [3.8, 4) is 0 Å². The van der Waals surface area contributed by atoms with Gasteiger partial charge in [-0.15, -0.1) is 0 Å². The highest BCUT2D eigenvalue weighted by atomic mass is 35.5. The summed E-state index contributed by atoms with van der Waals surface area (Å²) < 4.78 is 0. The summed E-state index contributed by atoms with van der Waals surface area (Å²) in [5, 5.41) is 23.7. The van der Waals surface area contributed by atoms with Gasteiger partial charge in [0.05, 0.1) is 12.7 Å². The molecule has 1 atom stereocenters. The molecule has 100 valence electrons. The highest BCUT2D eigenvalue weighted by molar-refractivity contribution is 6.33. The first kappa shape index (κ1) is 14.1. The van der Waals surface area contributed by atoms with E-state index in [2.05, 4.69) is 5.32 Å². The summed E-state index contributed by atoms with van der Waals surface area (Å²) in [6.45, 7) is 0.462. The van der Waals surface area contributed by atoms with Crippen LogP contribution in [0.2, 0.25) is 10.0 Å². The van der Waals surface area contributed by atoms with Gasteiger partial charge in [0.2, 0.25) is 0 Å². The number of benzene rings is 1. The monoisotopic (exact) mass is 289 g/mol. The summed E-state index contributed by atoms with van der Waals surface area (Å²) in [4.78, 5) is 0. The van der Waals surface area contributed by atoms with E-state index in [0.717, 1.165) is 19.3 Å². The standard InChI is InChI=1S/C13H17Cl2NO2/c14-9-2-3-11(15)10(6-9)12(18)7-16-13(8-17)4-1-5-13/h2-3,6,12,16-18H,1,4-5,7-8H2. The Morgan fingerprint density at radius 2 is 2.06 bits per heavy atom. The fourth-order valence-corrected chi connectivity index (χ4v) is 2.61. The fourth-order valence-electron chi connectivity index (χ4n) is 2.19. The third-order valence-electron chi connectivity index (χ3n) is 3.60. The molecule has 1 unspecified atom stereocenters. The van der Waals surface area contributed by atoms with Crippen molar-refractivity contribution in [2.45, 2.75) is 30.9 Å². The summed E-state index contributed by atoms with van der Waals surface area (Å²) in [5.74, 6) is 0. The first-order valence-corrected chi connectivity index (χ1v) is 6.81. The second kappa shape index (κ2) is 5.76. The van der Waals surface area contributed by atoms with Crippen molar-refractivity contribution in [3.05, 3.63) is 33.8 Å². The van der Waals surface area contributed by atoms with E-state index in [-0.39, 0.29) is 12.1 Å². The zero-order valence-corrected chi connectivity index (χ0v) is 11.5. The Morgan fingerprint density at radius 3 is 2.61 bits per heavy atom. The topological polar surface area (TPSA) is 52.5 Å². The minimum atomic E-state index is -0.722. The smallest absolute Gasteiger partial charge is 0.0929 e. The molecule has 5 heteroatoms. The summed E-state index contributed by atoms with van der Waals surface area (Å²) in [5.41, 5.74) is 0.399. The maximum atomic E-state index is 10.1.